The molecule has 0 saturated heterocycles. The monoisotopic (exact) mass is 188 g/mol. The van der Waals surface area contributed by atoms with Gasteiger partial charge in [0.25, 0.3) is 0 Å². The van der Waals surface area contributed by atoms with E-state index in [1.54, 1.807) is 0 Å². The summed E-state index contributed by atoms with van der Waals surface area (Å²) in [5.41, 5.74) is 1.16. The van der Waals surface area contributed by atoms with Crippen molar-refractivity contribution < 1.29 is 5.11 Å². The highest BCUT2D eigenvalue weighted by Gasteiger charge is 2.49. The molecule has 2 rings (SSSR count). The number of aliphatic hydroxyl groups excluding tert-OH is 1. The molecule has 1 nitrogen and oxygen atoms in total. The SMILES string of the molecule is C=CC1CC(C)(c2ccccc2)C1O. The molecule has 0 aliphatic heterocycles. The minimum absolute atomic E-state index is 0.0693. The van der Waals surface area contributed by atoms with Crippen molar-refractivity contribution in [2.45, 2.75) is 24.9 Å². The van der Waals surface area contributed by atoms with Crippen LogP contribution in [0.4, 0.5) is 0 Å². The third-order valence-electron chi connectivity index (χ3n) is 3.45. The summed E-state index contributed by atoms with van der Waals surface area (Å²) in [4.78, 5) is 0. The van der Waals surface area contributed by atoms with Gasteiger partial charge in [-0.25, -0.2) is 0 Å². The van der Waals surface area contributed by atoms with Gasteiger partial charge in [-0.3, -0.25) is 0 Å². The molecule has 1 fully saturated rings. The molecule has 0 spiro atoms. The van der Waals surface area contributed by atoms with Crippen LogP contribution < -0.4 is 0 Å². The Bertz CT molecular complexity index is 330. The summed E-state index contributed by atoms with van der Waals surface area (Å²) >= 11 is 0. The molecule has 14 heavy (non-hydrogen) atoms. The largest absolute Gasteiger partial charge is 0.392 e. The zero-order chi connectivity index (χ0) is 10.2. The molecule has 3 atom stereocenters. The Hall–Kier alpha value is -1.08. The average molecular weight is 188 g/mol. The molecule has 3 unspecified atom stereocenters. The quantitative estimate of drug-likeness (QED) is 0.707. The molecule has 74 valence electrons. The third-order valence-corrected chi connectivity index (χ3v) is 3.45. The zero-order valence-corrected chi connectivity index (χ0v) is 8.48. The van der Waals surface area contributed by atoms with Crippen LogP contribution >= 0.6 is 0 Å². The predicted octanol–water partition coefficient (Wildman–Crippen LogP) is 2.51. The summed E-state index contributed by atoms with van der Waals surface area (Å²) in [6, 6.07) is 10.2. The fourth-order valence-corrected chi connectivity index (χ4v) is 2.35. The van der Waals surface area contributed by atoms with Gasteiger partial charge in [-0.2, -0.15) is 0 Å². The minimum Gasteiger partial charge on any atom is -0.392 e. The van der Waals surface area contributed by atoms with Crippen molar-refractivity contribution in [3.63, 3.8) is 0 Å². The highest BCUT2D eigenvalue weighted by atomic mass is 16.3. The second-order valence-electron chi connectivity index (χ2n) is 4.33. The van der Waals surface area contributed by atoms with E-state index in [-0.39, 0.29) is 17.4 Å². The highest BCUT2D eigenvalue weighted by Crippen LogP contribution is 2.47. The molecule has 1 aromatic rings. The molecule has 1 aliphatic rings. The molecule has 0 aromatic heterocycles. The van der Waals surface area contributed by atoms with Gasteiger partial charge in [0.2, 0.25) is 0 Å². The molecular weight excluding hydrogens is 172 g/mol. The first kappa shape index (κ1) is 9.47. The van der Waals surface area contributed by atoms with Gasteiger partial charge in [-0.15, -0.1) is 6.58 Å². The Balaban J connectivity index is 2.24. The van der Waals surface area contributed by atoms with Crippen molar-refractivity contribution in [3.8, 4) is 0 Å². The number of hydrogen-bond donors (Lipinski definition) is 1. The maximum Gasteiger partial charge on any atom is 0.0697 e. The molecule has 0 amide bonds. The number of aliphatic hydroxyl groups is 1. The first-order valence-electron chi connectivity index (χ1n) is 5.04. The third kappa shape index (κ3) is 1.20. The highest BCUT2D eigenvalue weighted by molar-refractivity contribution is 5.31. The van der Waals surface area contributed by atoms with E-state index in [0.29, 0.717) is 0 Å². The summed E-state index contributed by atoms with van der Waals surface area (Å²) in [5, 5.41) is 10.0. The first-order valence-corrected chi connectivity index (χ1v) is 5.04. The Kier molecular flexibility index (Phi) is 2.20. The second-order valence-corrected chi connectivity index (χ2v) is 4.33. The zero-order valence-electron chi connectivity index (χ0n) is 8.48. The second kappa shape index (κ2) is 3.25. The van der Waals surface area contributed by atoms with Gasteiger partial charge in [-0.1, -0.05) is 43.3 Å². The van der Waals surface area contributed by atoms with E-state index >= 15 is 0 Å². The average Bonchev–Trinajstić information content (AvgIpc) is 2.26. The van der Waals surface area contributed by atoms with Gasteiger partial charge in [0, 0.05) is 11.3 Å². The van der Waals surface area contributed by atoms with Crippen LogP contribution in [-0.2, 0) is 5.41 Å². The van der Waals surface area contributed by atoms with E-state index in [2.05, 4.69) is 25.6 Å². The molecule has 0 bridgehead atoms. The van der Waals surface area contributed by atoms with Crippen LogP contribution in [0.15, 0.2) is 43.0 Å². The molecular formula is C13H16O. The predicted molar refractivity (Wildman–Crippen MR) is 58.1 cm³/mol. The minimum atomic E-state index is -0.276. The Morgan fingerprint density at radius 3 is 2.57 bits per heavy atom. The molecule has 0 radical (unpaired) electrons. The normalized spacial score (nSPS) is 36.1. The topological polar surface area (TPSA) is 20.2 Å². The summed E-state index contributed by atoms with van der Waals surface area (Å²) in [6.45, 7) is 5.85. The summed E-state index contributed by atoms with van der Waals surface area (Å²) in [7, 11) is 0. The lowest BCUT2D eigenvalue weighted by Crippen LogP contribution is -2.53. The number of benzene rings is 1. The number of rotatable bonds is 2. The van der Waals surface area contributed by atoms with Crippen molar-refractivity contribution in [1.82, 2.24) is 0 Å². The van der Waals surface area contributed by atoms with E-state index in [1.165, 1.54) is 5.56 Å². The summed E-state index contributed by atoms with van der Waals surface area (Å²) in [5.74, 6) is 0.264. The van der Waals surface area contributed by atoms with E-state index in [9.17, 15) is 5.11 Å². The van der Waals surface area contributed by atoms with Crippen LogP contribution in [0.5, 0.6) is 0 Å². The van der Waals surface area contributed by atoms with Crippen LogP contribution in [0, 0.1) is 5.92 Å². The number of hydrogen-bond acceptors (Lipinski definition) is 1. The Morgan fingerprint density at radius 2 is 2.07 bits per heavy atom. The Morgan fingerprint density at radius 1 is 1.43 bits per heavy atom. The van der Waals surface area contributed by atoms with E-state index in [0.717, 1.165) is 6.42 Å². The van der Waals surface area contributed by atoms with Gasteiger partial charge < -0.3 is 5.11 Å². The summed E-state index contributed by atoms with van der Waals surface area (Å²) < 4.78 is 0. The summed E-state index contributed by atoms with van der Waals surface area (Å²) in [6.07, 6.45) is 2.58. The van der Waals surface area contributed by atoms with Crippen molar-refractivity contribution in [2.24, 2.45) is 5.92 Å². The van der Waals surface area contributed by atoms with Gasteiger partial charge in [0.05, 0.1) is 6.10 Å². The van der Waals surface area contributed by atoms with E-state index in [4.69, 9.17) is 0 Å². The van der Waals surface area contributed by atoms with Gasteiger partial charge in [0.15, 0.2) is 0 Å². The van der Waals surface area contributed by atoms with Crippen LogP contribution in [0.2, 0.25) is 0 Å². The Labute approximate surface area is 85.1 Å². The first-order chi connectivity index (χ1) is 6.68. The molecule has 1 saturated carbocycles. The maximum absolute atomic E-state index is 10.0. The van der Waals surface area contributed by atoms with Gasteiger partial charge in [0.1, 0.15) is 0 Å². The van der Waals surface area contributed by atoms with Crippen LogP contribution in [0.1, 0.15) is 18.9 Å². The van der Waals surface area contributed by atoms with Crippen LogP contribution in [0.25, 0.3) is 0 Å². The van der Waals surface area contributed by atoms with E-state index < -0.39 is 0 Å². The standard InChI is InChI=1S/C13H16O/c1-3-10-9-13(2,12(10)14)11-7-5-4-6-8-11/h3-8,10,12,14H,1,9H2,2H3. The van der Waals surface area contributed by atoms with Crippen molar-refractivity contribution in [1.29, 1.82) is 0 Å². The molecule has 0 heterocycles. The van der Waals surface area contributed by atoms with Crippen molar-refractivity contribution in [2.75, 3.05) is 0 Å². The fraction of sp³-hybridized carbons (Fsp3) is 0.385. The lowest BCUT2D eigenvalue weighted by atomic mass is 9.57. The van der Waals surface area contributed by atoms with Crippen molar-refractivity contribution in [3.05, 3.63) is 48.6 Å². The van der Waals surface area contributed by atoms with Gasteiger partial charge >= 0.3 is 0 Å². The maximum atomic E-state index is 10.0. The van der Waals surface area contributed by atoms with Crippen LogP contribution in [-0.4, -0.2) is 11.2 Å². The molecule has 1 aromatic carbocycles. The van der Waals surface area contributed by atoms with Crippen molar-refractivity contribution >= 4 is 0 Å². The van der Waals surface area contributed by atoms with Crippen LogP contribution in [0.3, 0.4) is 0 Å². The molecule has 1 heteroatoms. The lowest BCUT2D eigenvalue weighted by Gasteiger charge is -2.49. The lowest BCUT2D eigenvalue weighted by molar-refractivity contribution is -0.0370. The molecule has 1 N–H and O–H groups in total. The fourth-order valence-electron chi connectivity index (χ4n) is 2.35. The van der Waals surface area contributed by atoms with E-state index in [1.807, 2.05) is 24.3 Å². The van der Waals surface area contributed by atoms with Gasteiger partial charge in [-0.05, 0) is 12.0 Å². The smallest absolute Gasteiger partial charge is 0.0697 e. The molecule has 1 aliphatic carbocycles.